The fourth-order valence-electron chi connectivity index (χ4n) is 3.82. The summed E-state index contributed by atoms with van der Waals surface area (Å²) in [7, 11) is 2.72. The van der Waals surface area contributed by atoms with Gasteiger partial charge in [-0.2, -0.15) is 4.98 Å². The first-order chi connectivity index (χ1) is 17.5. The second kappa shape index (κ2) is 9.76. The molecule has 0 aliphatic carbocycles. The minimum absolute atomic E-state index is 0.376. The third-order valence-electron chi connectivity index (χ3n) is 5.61. The number of fused-ring (bicyclic) bond motifs is 2. The summed E-state index contributed by atoms with van der Waals surface area (Å²) >= 11 is 0. The van der Waals surface area contributed by atoms with E-state index >= 15 is 0 Å². The molecule has 7 nitrogen and oxygen atoms in total. The molecule has 0 aliphatic heterocycles. The van der Waals surface area contributed by atoms with Crippen molar-refractivity contribution in [3.63, 3.8) is 0 Å². The van der Waals surface area contributed by atoms with Crippen molar-refractivity contribution in [3.05, 3.63) is 102 Å². The van der Waals surface area contributed by atoms with Gasteiger partial charge >= 0.3 is 11.9 Å². The molecule has 36 heavy (non-hydrogen) atoms. The number of methoxy groups -OCH3 is 2. The molecule has 5 aromatic rings. The van der Waals surface area contributed by atoms with Crippen LogP contribution in [0.25, 0.3) is 21.5 Å². The van der Waals surface area contributed by atoms with E-state index in [0.29, 0.717) is 34.4 Å². The molecule has 4 aromatic carbocycles. The van der Waals surface area contributed by atoms with E-state index in [1.54, 1.807) is 42.5 Å². The molecular formula is C29H21NO6. The van der Waals surface area contributed by atoms with Gasteiger partial charge in [0.15, 0.2) is 0 Å². The standard InChI is InChI=1S/C29H21NO6/c1-33-28(31)22-8-6-20-16-24(12-10-18(20)14-22)35-26-4-3-5-27(30-26)36-25-13-11-19-15-23(29(32)34-2)9-7-21(19)17-25/h3-17H,1-2H3. The molecular weight excluding hydrogens is 458 g/mol. The first kappa shape index (κ1) is 22.9. The van der Waals surface area contributed by atoms with E-state index in [2.05, 4.69) is 4.98 Å². The Hall–Kier alpha value is -4.91. The minimum atomic E-state index is -0.379. The minimum Gasteiger partial charge on any atom is -0.465 e. The molecule has 1 heterocycles. The normalized spacial score (nSPS) is 10.7. The first-order valence-electron chi connectivity index (χ1n) is 11.1. The summed E-state index contributed by atoms with van der Waals surface area (Å²) in [6.07, 6.45) is 0. The third kappa shape index (κ3) is 4.81. The lowest BCUT2D eigenvalue weighted by Crippen LogP contribution is -2.00. The van der Waals surface area contributed by atoms with Crippen LogP contribution in [0.2, 0.25) is 0 Å². The monoisotopic (exact) mass is 479 g/mol. The number of carbonyl (C=O) groups excluding carboxylic acids is 2. The van der Waals surface area contributed by atoms with Crippen LogP contribution in [-0.2, 0) is 9.47 Å². The number of hydrogen-bond acceptors (Lipinski definition) is 7. The Bertz CT molecular complexity index is 1490. The molecule has 0 atom stereocenters. The van der Waals surface area contributed by atoms with Crippen molar-refractivity contribution in [2.24, 2.45) is 0 Å². The highest BCUT2D eigenvalue weighted by Crippen LogP contribution is 2.29. The molecule has 1 aromatic heterocycles. The maximum Gasteiger partial charge on any atom is 0.337 e. The second-order valence-electron chi connectivity index (χ2n) is 7.95. The van der Waals surface area contributed by atoms with Crippen LogP contribution in [0.15, 0.2) is 91.0 Å². The SMILES string of the molecule is COC(=O)c1ccc2cc(Oc3cccc(Oc4ccc5cc(C(=O)OC)ccc5c4)n3)ccc2c1. The van der Waals surface area contributed by atoms with Crippen molar-refractivity contribution in [1.82, 2.24) is 4.98 Å². The van der Waals surface area contributed by atoms with E-state index in [4.69, 9.17) is 18.9 Å². The van der Waals surface area contributed by atoms with Crippen LogP contribution in [-0.4, -0.2) is 31.1 Å². The fourth-order valence-corrected chi connectivity index (χ4v) is 3.82. The van der Waals surface area contributed by atoms with Crippen molar-refractivity contribution in [2.75, 3.05) is 14.2 Å². The number of ether oxygens (including phenoxy) is 4. The zero-order valence-electron chi connectivity index (χ0n) is 19.6. The average Bonchev–Trinajstić information content (AvgIpc) is 2.91. The predicted molar refractivity (Wildman–Crippen MR) is 135 cm³/mol. The maximum atomic E-state index is 11.8. The smallest absolute Gasteiger partial charge is 0.337 e. The van der Waals surface area contributed by atoms with Crippen LogP contribution in [0.4, 0.5) is 0 Å². The topological polar surface area (TPSA) is 84.0 Å². The van der Waals surface area contributed by atoms with Gasteiger partial charge < -0.3 is 18.9 Å². The van der Waals surface area contributed by atoms with Crippen molar-refractivity contribution in [2.45, 2.75) is 0 Å². The summed E-state index contributed by atoms with van der Waals surface area (Å²) in [4.78, 5) is 28.0. The number of carbonyl (C=O) groups is 2. The van der Waals surface area contributed by atoms with Gasteiger partial charge in [-0.15, -0.1) is 0 Å². The molecule has 0 bridgehead atoms. The zero-order chi connectivity index (χ0) is 25.1. The molecule has 0 spiro atoms. The summed E-state index contributed by atoms with van der Waals surface area (Å²) in [6, 6.07) is 27.1. The van der Waals surface area contributed by atoms with Crippen LogP contribution in [0.5, 0.6) is 23.3 Å². The number of nitrogens with zero attached hydrogens (tertiary/aromatic N) is 1. The Morgan fingerprint density at radius 1 is 0.556 bits per heavy atom. The van der Waals surface area contributed by atoms with Crippen LogP contribution in [0.3, 0.4) is 0 Å². The summed E-state index contributed by atoms with van der Waals surface area (Å²) < 4.78 is 21.5. The van der Waals surface area contributed by atoms with Gasteiger partial charge in [-0.3, -0.25) is 0 Å². The Morgan fingerprint density at radius 3 is 1.42 bits per heavy atom. The third-order valence-corrected chi connectivity index (χ3v) is 5.61. The number of benzene rings is 4. The van der Waals surface area contributed by atoms with Crippen molar-refractivity contribution < 1.29 is 28.5 Å². The second-order valence-corrected chi connectivity index (χ2v) is 7.95. The van der Waals surface area contributed by atoms with Crippen LogP contribution < -0.4 is 9.47 Å². The lowest BCUT2D eigenvalue weighted by molar-refractivity contribution is 0.0592. The summed E-state index contributed by atoms with van der Waals surface area (Å²) in [5, 5.41) is 3.62. The first-order valence-corrected chi connectivity index (χ1v) is 11.1. The molecule has 0 fully saturated rings. The molecule has 0 N–H and O–H groups in total. The van der Waals surface area contributed by atoms with Gasteiger partial charge in [0.2, 0.25) is 11.8 Å². The van der Waals surface area contributed by atoms with Gasteiger partial charge in [-0.1, -0.05) is 30.3 Å². The van der Waals surface area contributed by atoms with Crippen molar-refractivity contribution >= 4 is 33.5 Å². The quantitative estimate of drug-likeness (QED) is 0.256. The largest absolute Gasteiger partial charge is 0.465 e. The van der Waals surface area contributed by atoms with Crippen LogP contribution in [0.1, 0.15) is 20.7 Å². The number of rotatable bonds is 6. The summed E-state index contributed by atoms with van der Waals surface area (Å²) in [6.45, 7) is 0. The van der Waals surface area contributed by atoms with Crippen LogP contribution >= 0.6 is 0 Å². The highest BCUT2D eigenvalue weighted by atomic mass is 16.5. The van der Waals surface area contributed by atoms with E-state index in [-0.39, 0.29) is 11.9 Å². The number of pyridine rings is 1. The molecule has 0 radical (unpaired) electrons. The van der Waals surface area contributed by atoms with Gasteiger partial charge in [-0.05, 0) is 70.1 Å². The Labute approximate surface area is 206 Å². The van der Waals surface area contributed by atoms with Gasteiger partial charge in [0.25, 0.3) is 0 Å². The van der Waals surface area contributed by atoms with Gasteiger partial charge in [0.1, 0.15) is 11.5 Å². The zero-order valence-corrected chi connectivity index (χ0v) is 19.6. The number of hydrogen-bond donors (Lipinski definition) is 0. The summed E-state index contributed by atoms with van der Waals surface area (Å²) in [5.74, 6) is 1.20. The van der Waals surface area contributed by atoms with E-state index in [0.717, 1.165) is 21.5 Å². The average molecular weight is 479 g/mol. The Kier molecular flexibility index (Phi) is 6.19. The molecule has 7 heteroatoms. The highest BCUT2D eigenvalue weighted by Gasteiger charge is 2.09. The highest BCUT2D eigenvalue weighted by molar-refractivity contribution is 5.96. The van der Waals surface area contributed by atoms with Gasteiger partial charge in [0, 0.05) is 12.1 Å². The van der Waals surface area contributed by atoms with E-state index in [1.807, 2.05) is 48.5 Å². The number of esters is 2. The molecule has 0 unspecified atom stereocenters. The van der Waals surface area contributed by atoms with Crippen molar-refractivity contribution in [1.29, 1.82) is 0 Å². The van der Waals surface area contributed by atoms with E-state index < -0.39 is 0 Å². The van der Waals surface area contributed by atoms with Gasteiger partial charge in [0.05, 0.1) is 25.3 Å². The van der Waals surface area contributed by atoms with Crippen LogP contribution in [0, 0.1) is 0 Å². The fraction of sp³-hybridized carbons (Fsp3) is 0.0690. The molecule has 5 rings (SSSR count). The molecule has 0 saturated carbocycles. The lowest BCUT2D eigenvalue weighted by Gasteiger charge is -2.10. The molecule has 0 aliphatic rings. The predicted octanol–water partition coefficient (Wildman–Crippen LogP) is 6.55. The molecule has 0 amide bonds. The Balaban J connectivity index is 1.33. The van der Waals surface area contributed by atoms with Crippen molar-refractivity contribution in [3.8, 4) is 23.3 Å². The molecule has 178 valence electrons. The van der Waals surface area contributed by atoms with E-state index in [1.165, 1.54) is 14.2 Å². The number of aromatic nitrogens is 1. The van der Waals surface area contributed by atoms with Gasteiger partial charge in [-0.25, -0.2) is 9.59 Å². The van der Waals surface area contributed by atoms with E-state index in [9.17, 15) is 9.59 Å². The Morgan fingerprint density at radius 2 is 0.972 bits per heavy atom. The summed E-state index contributed by atoms with van der Waals surface area (Å²) in [5.41, 5.74) is 0.977. The maximum absolute atomic E-state index is 11.8. The molecule has 0 saturated heterocycles. The lowest BCUT2D eigenvalue weighted by atomic mass is 10.1.